The Balaban J connectivity index is 2.13. The lowest BCUT2D eigenvalue weighted by Gasteiger charge is -2.38. The topological polar surface area (TPSA) is 74.1 Å². The second kappa shape index (κ2) is 5.24. The second-order valence-corrected chi connectivity index (χ2v) is 5.11. The number of rotatable bonds is 2. The van der Waals surface area contributed by atoms with E-state index in [1.807, 2.05) is 0 Å². The lowest BCUT2D eigenvalue weighted by Crippen LogP contribution is -2.58. The smallest absolute Gasteiger partial charge is 0.266 e. The molecule has 0 unspecified atom stereocenters. The first-order chi connectivity index (χ1) is 8.45. The summed E-state index contributed by atoms with van der Waals surface area (Å²) in [4.78, 5) is 3.94. The van der Waals surface area contributed by atoms with Crippen molar-refractivity contribution < 1.29 is 28.1 Å². The summed E-state index contributed by atoms with van der Waals surface area (Å²) in [7, 11) is 1.58. The molecule has 0 amide bonds. The van der Waals surface area contributed by atoms with Crippen molar-refractivity contribution in [2.45, 2.75) is 42.4 Å². The van der Waals surface area contributed by atoms with E-state index in [9.17, 15) is 23.4 Å². The number of aliphatic hydroxyl groups is 2. The molecular formula is C9H13F3N2O3S. The van der Waals surface area contributed by atoms with E-state index in [0.29, 0.717) is 5.17 Å². The predicted molar refractivity (Wildman–Crippen MR) is 59.4 cm³/mol. The summed E-state index contributed by atoms with van der Waals surface area (Å²) in [6.45, 7) is 0. The van der Waals surface area contributed by atoms with Gasteiger partial charge < -0.3 is 20.3 Å². The largest absolute Gasteiger partial charge is 0.387 e. The van der Waals surface area contributed by atoms with Gasteiger partial charge in [0.25, 0.3) is 6.43 Å². The summed E-state index contributed by atoms with van der Waals surface area (Å²) < 4.78 is 43.8. The van der Waals surface area contributed by atoms with E-state index < -0.39 is 42.4 Å². The van der Waals surface area contributed by atoms with Crippen LogP contribution in [0.25, 0.3) is 0 Å². The minimum atomic E-state index is -3.11. The number of hydrogen-bond acceptors (Lipinski definition) is 6. The Bertz CT molecular complexity index is 347. The Morgan fingerprint density at radius 3 is 2.72 bits per heavy atom. The summed E-state index contributed by atoms with van der Waals surface area (Å²) in [6, 6.07) is -0.950. The molecule has 3 N–H and O–H groups in total. The van der Waals surface area contributed by atoms with Crippen molar-refractivity contribution in [1.29, 1.82) is 0 Å². The molecule has 0 aliphatic carbocycles. The first-order valence-corrected chi connectivity index (χ1v) is 6.19. The van der Waals surface area contributed by atoms with Gasteiger partial charge in [0.05, 0.1) is 0 Å². The normalized spacial score (nSPS) is 41.5. The fourth-order valence-electron chi connectivity index (χ4n) is 1.90. The number of amidine groups is 1. The maximum atomic E-state index is 13.9. The highest BCUT2D eigenvalue weighted by Gasteiger charge is 2.52. The monoisotopic (exact) mass is 286 g/mol. The molecule has 5 nitrogen and oxygen atoms in total. The third kappa shape index (κ3) is 2.31. The van der Waals surface area contributed by atoms with Crippen molar-refractivity contribution in [2.24, 2.45) is 4.99 Å². The fraction of sp³-hybridized carbons (Fsp3) is 0.889. The van der Waals surface area contributed by atoms with Gasteiger partial charge in [-0.25, -0.2) is 13.2 Å². The van der Waals surface area contributed by atoms with Crippen LogP contribution in [0.5, 0.6) is 0 Å². The number of fused-ring (bicyclic) bond motifs is 1. The lowest BCUT2D eigenvalue weighted by molar-refractivity contribution is -0.193. The van der Waals surface area contributed by atoms with Crippen LogP contribution in [-0.2, 0) is 4.74 Å². The number of alkyl halides is 3. The van der Waals surface area contributed by atoms with Crippen LogP contribution in [0.2, 0.25) is 0 Å². The highest BCUT2D eigenvalue weighted by molar-refractivity contribution is 8.14. The van der Waals surface area contributed by atoms with Gasteiger partial charge in [0.15, 0.2) is 11.3 Å². The molecule has 2 aliphatic heterocycles. The summed E-state index contributed by atoms with van der Waals surface area (Å²) in [5, 5.41) is 21.9. The van der Waals surface area contributed by atoms with E-state index in [1.54, 1.807) is 7.05 Å². The zero-order valence-electron chi connectivity index (χ0n) is 9.33. The number of aliphatic imine (C=N–C) groups is 1. The molecule has 0 aromatic rings. The molecule has 0 saturated carbocycles. The van der Waals surface area contributed by atoms with Crippen molar-refractivity contribution in [3.8, 4) is 0 Å². The molecule has 6 atom stereocenters. The SMILES string of the molecule is CNC1=N[C@@H]2[C@@H](F)[C@H](O)[C@@H]([C@@H](O)C(F)F)O[C@@H]2S1. The van der Waals surface area contributed by atoms with Gasteiger partial charge in [0.1, 0.15) is 29.8 Å². The van der Waals surface area contributed by atoms with Gasteiger partial charge in [0.2, 0.25) is 0 Å². The maximum Gasteiger partial charge on any atom is 0.266 e. The van der Waals surface area contributed by atoms with Crippen LogP contribution in [0.3, 0.4) is 0 Å². The fourth-order valence-corrected chi connectivity index (χ4v) is 2.96. The summed E-state index contributed by atoms with van der Waals surface area (Å²) in [5.74, 6) is 0. The van der Waals surface area contributed by atoms with Gasteiger partial charge in [-0.1, -0.05) is 11.8 Å². The number of aliphatic hydroxyl groups excluding tert-OH is 2. The van der Waals surface area contributed by atoms with Crippen molar-refractivity contribution in [2.75, 3.05) is 7.05 Å². The number of halogens is 3. The molecule has 2 heterocycles. The molecule has 104 valence electrons. The van der Waals surface area contributed by atoms with Crippen molar-refractivity contribution in [1.82, 2.24) is 5.32 Å². The van der Waals surface area contributed by atoms with Gasteiger partial charge in [-0.05, 0) is 0 Å². The molecule has 1 fully saturated rings. The van der Waals surface area contributed by atoms with Crippen molar-refractivity contribution in [3.63, 3.8) is 0 Å². The van der Waals surface area contributed by atoms with Crippen molar-refractivity contribution in [3.05, 3.63) is 0 Å². The summed E-state index contributed by atoms with van der Waals surface area (Å²) >= 11 is 1.04. The molecule has 9 heteroatoms. The van der Waals surface area contributed by atoms with E-state index in [-0.39, 0.29) is 0 Å². The molecule has 2 rings (SSSR count). The van der Waals surface area contributed by atoms with E-state index in [2.05, 4.69) is 10.3 Å². The molecule has 0 aromatic carbocycles. The van der Waals surface area contributed by atoms with Gasteiger partial charge in [0, 0.05) is 7.05 Å². The van der Waals surface area contributed by atoms with Crippen LogP contribution >= 0.6 is 11.8 Å². The molecule has 1 saturated heterocycles. The number of hydrogen-bond donors (Lipinski definition) is 3. The number of nitrogens with one attached hydrogen (secondary N) is 1. The van der Waals surface area contributed by atoms with Gasteiger partial charge in [-0.2, -0.15) is 0 Å². The Morgan fingerprint density at radius 2 is 2.17 bits per heavy atom. The third-order valence-corrected chi connectivity index (χ3v) is 4.02. The third-order valence-electron chi connectivity index (χ3n) is 2.86. The Kier molecular flexibility index (Phi) is 4.05. The minimum absolute atomic E-state index is 0.409. The first kappa shape index (κ1) is 13.9. The van der Waals surface area contributed by atoms with Crippen LogP contribution in [0.15, 0.2) is 4.99 Å². The minimum Gasteiger partial charge on any atom is -0.387 e. The average Bonchev–Trinajstić information content (AvgIpc) is 2.76. The van der Waals surface area contributed by atoms with Gasteiger partial charge >= 0.3 is 0 Å². The van der Waals surface area contributed by atoms with E-state index in [4.69, 9.17) is 4.74 Å². The van der Waals surface area contributed by atoms with Crippen molar-refractivity contribution >= 4 is 16.9 Å². The Labute approximate surface area is 105 Å². The first-order valence-electron chi connectivity index (χ1n) is 5.31. The number of ether oxygens (including phenoxy) is 1. The Morgan fingerprint density at radius 1 is 1.50 bits per heavy atom. The maximum absolute atomic E-state index is 13.9. The standard InChI is InChI=1S/C9H13F3N2O3S/c1-13-9-14-3-2(10)4(15)6(5(16)7(11)12)17-8(3)18-9/h2-8,15-16H,1H3,(H,13,14)/t2-,3-,4+,5-,6+,8-/m1/s1. The van der Waals surface area contributed by atoms with Crippen LogP contribution in [-0.4, -0.2) is 64.8 Å². The highest BCUT2D eigenvalue weighted by Crippen LogP contribution is 2.38. The zero-order valence-corrected chi connectivity index (χ0v) is 10.1. The van der Waals surface area contributed by atoms with Crippen LogP contribution in [0, 0.1) is 0 Å². The average molecular weight is 286 g/mol. The van der Waals surface area contributed by atoms with E-state index in [1.165, 1.54) is 0 Å². The molecule has 2 aliphatic rings. The lowest BCUT2D eigenvalue weighted by atomic mass is 9.96. The number of thioether (sulfide) groups is 1. The Hall–Kier alpha value is -0.510. The quantitative estimate of drug-likeness (QED) is 0.651. The zero-order chi connectivity index (χ0) is 13.4. The number of nitrogens with zero attached hydrogens (tertiary/aromatic N) is 1. The van der Waals surface area contributed by atoms with Crippen LogP contribution in [0.4, 0.5) is 13.2 Å². The van der Waals surface area contributed by atoms with Crippen LogP contribution < -0.4 is 5.32 Å². The molecule has 0 radical (unpaired) electrons. The van der Waals surface area contributed by atoms with Gasteiger partial charge in [-0.3, -0.25) is 4.99 Å². The highest BCUT2D eigenvalue weighted by atomic mass is 32.2. The molecule has 18 heavy (non-hydrogen) atoms. The second-order valence-electron chi connectivity index (χ2n) is 4.02. The molecule has 0 aromatic heterocycles. The van der Waals surface area contributed by atoms with Gasteiger partial charge in [-0.15, -0.1) is 0 Å². The van der Waals surface area contributed by atoms with E-state index in [0.717, 1.165) is 11.8 Å². The summed E-state index contributed by atoms with van der Waals surface area (Å²) in [5.41, 5.74) is -0.816. The summed E-state index contributed by atoms with van der Waals surface area (Å²) in [6.07, 6.45) is -10.7. The molecule has 0 spiro atoms. The molecular weight excluding hydrogens is 273 g/mol. The van der Waals surface area contributed by atoms with Crippen LogP contribution in [0.1, 0.15) is 0 Å². The van der Waals surface area contributed by atoms with E-state index >= 15 is 0 Å². The predicted octanol–water partition coefficient (Wildman–Crippen LogP) is -0.273. The molecule has 0 bridgehead atoms.